The number of hydrogen-bond donors (Lipinski definition) is 1. The molecule has 0 unspecified atom stereocenters. The number of ether oxygens (including phenoxy) is 1. The van der Waals surface area contributed by atoms with E-state index in [1.807, 2.05) is 37.3 Å². The van der Waals surface area contributed by atoms with Crippen LogP contribution in [0.15, 0.2) is 108 Å². The summed E-state index contributed by atoms with van der Waals surface area (Å²) in [6.07, 6.45) is 0.187. The van der Waals surface area contributed by atoms with Gasteiger partial charge in [-0.05, 0) is 85.6 Å². The molecule has 4 aromatic rings. The molecule has 0 aliphatic heterocycles. The first-order chi connectivity index (χ1) is 21.6. The quantitative estimate of drug-likeness (QED) is 0.185. The molecule has 45 heavy (non-hydrogen) atoms. The van der Waals surface area contributed by atoms with Crippen molar-refractivity contribution in [3.05, 3.63) is 125 Å². The van der Waals surface area contributed by atoms with Gasteiger partial charge in [0, 0.05) is 24.5 Å². The molecular formula is C34H35ClFN3O5S. The summed E-state index contributed by atoms with van der Waals surface area (Å²) in [7, 11) is -4.36. The van der Waals surface area contributed by atoms with Gasteiger partial charge in [0.25, 0.3) is 10.0 Å². The van der Waals surface area contributed by atoms with Gasteiger partial charge in [0.2, 0.25) is 11.8 Å². The largest absolute Gasteiger partial charge is 0.494 e. The van der Waals surface area contributed by atoms with Crippen LogP contribution in [0.2, 0.25) is 5.02 Å². The van der Waals surface area contributed by atoms with Crippen LogP contribution in [0.4, 0.5) is 10.1 Å². The summed E-state index contributed by atoms with van der Waals surface area (Å²) in [5.74, 6) is -1.09. The second kappa shape index (κ2) is 15.5. The molecule has 1 N–H and O–H groups in total. The van der Waals surface area contributed by atoms with Gasteiger partial charge in [-0.2, -0.15) is 0 Å². The standard InChI is InChI=1S/C34H35ClFN3O5S/c1-3-37-34(41)32(22-25-9-6-5-7-10-25)38(23-26-11-8-12-27(35)21-26)33(40)24-39(29-15-17-30(18-16-29)44-4-2)45(42,43)31-19-13-28(36)14-20-31/h5-21,32H,3-4,22-24H2,1-2H3,(H,37,41)/t32-/m1/s1. The number of benzene rings is 4. The Morgan fingerprint density at radius 1 is 0.889 bits per heavy atom. The molecule has 0 bridgehead atoms. The maximum Gasteiger partial charge on any atom is 0.264 e. The van der Waals surface area contributed by atoms with E-state index in [2.05, 4.69) is 5.32 Å². The van der Waals surface area contributed by atoms with Crippen molar-refractivity contribution in [1.29, 1.82) is 0 Å². The molecule has 8 nitrogen and oxygen atoms in total. The molecule has 0 saturated carbocycles. The third kappa shape index (κ3) is 8.83. The van der Waals surface area contributed by atoms with E-state index in [0.717, 1.165) is 34.1 Å². The molecule has 0 heterocycles. The first kappa shape index (κ1) is 33.5. The Morgan fingerprint density at radius 2 is 1.56 bits per heavy atom. The lowest BCUT2D eigenvalue weighted by Gasteiger charge is -2.34. The molecule has 0 saturated heterocycles. The number of carbonyl (C=O) groups is 2. The Bertz CT molecular complexity index is 1690. The van der Waals surface area contributed by atoms with E-state index >= 15 is 0 Å². The number of carbonyl (C=O) groups excluding carboxylic acids is 2. The fourth-order valence-corrected chi connectivity index (χ4v) is 6.44. The topological polar surface area (TPSA) is 96.0 Å². The van der Waals surface area contributed by atoms with E-state index in [1.54, 1.807) is 43.3 Å². The molecule has 4 aromatic carbocycles. The molecule has 236 valence electrons. The van der Waals surface area contributed by atoms with Crippen molar-refractivity contribution >= 4 is 39.1 Å². The fraction of sp³-hybridized carbons (Fsp3) is 0.235. The number of halogens is 2. The number of sulfonamides is 1. The van der Waals surface area contributed by atoms with Gasteiger partial charge >= 0.3 is 0 Å². The summed E-state index contributed by atoms with van der Waals surface area (Å²) < 4.78 is 48.3. The van der Waals surface area contributed by atoms with Crippen molar-refractivity contribution in [2.75, 3.05) is 24.0 Å². The summed E-state index contributed by atoms with van der Waals surface area (Å²) >= 11 is 6.26. The van der Waals surface area contributed by atoms with Crippen molar-refractivity contribution in [3.8, 4) is 5.75 Å². The average molecular weight is 652 g/mol. The fourth-order valence-electron chi connectivity index (χ4n) is 4.82. The lowest BCUT2D eigenvalue weighted by Crippen LogP contribution is -2.53. The maximum absolute atomic E-state index is 14.4. The Hall–Kier alpha value is -4.41. The number of hydrogen-bond acceptors (Lipinski definition) is 5. The Labute approximate surface area is 268 Å². The highest BCUT2D eigenvalue weighted by Crippen LogP contribution is 2.27. The molecule has 0 spiro atoms. The molecule has 11 heteroatoms. The van der Waals surface area contributed by atoms with E-state index in [9.17, 15) is 22.4 Å². The van der Waals surface area contributed by atoms with Crippen molar-refractivity contribution in [2.24, 2.45) is 0 Å². The number of rotatable bonds is 14. The molecule has 0 fully saturated rings. The summed E-state index contributed by atoms with van der Waals surface area (Å²) in [4.78, 5) is 29.1. The zero-order chi connectivity index (χ0) is 32.4. The van der Waals surface area contributed by atoms with Crippen molar-refractivity contribution in [1.82, 2.24) is 10.2 Å². The average Bonchev–Trinajstić information content (AvgIpc) is 3.03. The first-order valence-electron chi connectivity index (χ1n) is 14.5. The Kier molecular flexibility index (Phi) is 11.6. The molecule has 0 aromatic heterocycles. The van der Waals surface area contributed by atoms with E-state index in [1.165, 1.54) is 17.0 Å². The third-order valence-corrected chi connectivity index (χ3v) is 9.00. The molecular weight excluding hydrogens is 617 g/mol. The second-order valence-corrected chi connectivity index (χ2v) is 12.4. The highest BCUT2D eigenvalue weighted by Gasteiger charge is 2.34. The van der Waals surface area contributed by atoms with Crippen LogP contribution in [0, 0.1) is 5.82 Å². The normalized spacial score (nSPS) is 11.8. The number of anilines is 1. The predicted octanol–water partition coefficient (Wildman–Crippen LogP) is 5.85. The van der Waals surface area contributed by atoms with Gasteiger partial charge < -0.3 is 15.0 Å². The number of nitrogens with one attached hydrogen (secondary N) is 1. The van der Waals surface area contributed by atoms with E-state index in [4.69, 9.17) is 16.3 Å². The zero-order valence-electron chi connectivity index (χ0n) is 25.0. The molecule has 1 atom stereocenters. The highest BCUT2D eigenvalue weighted by atomic mass is 35.5. The van der Waals surface area contributed by atoms with Gasteiger partial charge in [-0.25, -0.2) is 12.8 Å². The lowest BCUT2D eigenvalue weighted by atomic mass is 10.0. The van der Waals surface area contributed by atoms with Crippen molar-refractivity contribution < 1.29 is 27.1 Å². The highest BCUT2D eigenvalue weighted by molar-refractivity contribution is 7.92. The third-order valence-electron chi connectivity index (χ3n) is 6.98. The van der Waals surface area contributed by atoms with Gasteiger partial charge in [0.1, 0.15) is 24.2 Å². The van der Waals surface area contributed by atoms with Crippen LogP contribution in [0.3, 0.4) is 0 Å². The van der Waals surface area contributed by atoms with Crippen LogP contribution in [-0.4, -0.2) is 50.9 Å². The molecule has 4 rings (SSSR count). The number of likely N-dealkylation sites (N-methyl/N-ethyl adjacent to an activating group) is 1. The van der Waals surface area contributed by atoms with Crippen LogP contribution < -0.4 is 14.4 Å². The lowest BCUT2D eigenvalue weighted by molar-refractivity contribution is -0.140. The van der Waals surface area contributed by atoms with Crippen LogP contribution in [0.5, 0.6) is 5.75 Å². The smallest absolute Gasteiger partial charge is 0.264 e. The molecule has 0 aliphatic carbocycles. The van der Waals surface area contributed by atoms with E-state index < -0.39 is 34.3 Å². The minimum Gasteiger partial charge on any atom is -0.494 e. The SMILES string of the molecule is CCNC(=O)[C@@H](Cc1ccccc1)N(Cc1cccc(Cl)c1)C(=O)CN(c1ccc(OCC)cc1)S(=O)(=O)c1ccc(F)cc1. The molecule has 0 radical (unpaired) electrons. The molecule has 0 aliphatic rings. The Balaban J connectivity index is 1.79. The minimum atomic E-state index is -4.36. The number of amides is 2. The van der Waals surface area contributed by atoms with E-state index in [-0.39, 0.29) is 29.5 Å². The van der Waals surface area contributed by atoms with Crippen molar-refractivity contribution in [2.45, 2.75) is 37.8 Å². The van der Waals surface area contributed by atoms with Crippen LogP contribution >= 0.6 is 11.6 Å². The molecule has 2 amide bonds. The summed E-state index contributed by atoms with van der Waals surface area (Å²) in [5, 5.41) is 3.27. The monoisotopic (exact) mass is 651 g/mol. The maximum atomic E-state index is 14.4. The summed E-state index contributed by atoms with van der Waals surface area (Å²) in [6.45, 7) is 3.70. The van der Waals surface area contributed by atoms with Gasteiger partial charge in [-0.3, -0.25) is 13.9 Å². The van der Waals surface area contributed by atoms with Crippen LogP contribution in [0.1, 0.15) is 25.0 Å². The van der Waals surface area contributed by atoms with Crippen LogP contribution in [-0.2, 0) is 32.6 Å². The van der Waals surface area contributed by atoms with Gasteiger partial charge in [-0.1, -0.05) is 54.1 Å². The summed E-state index contributed by atoms with van der Waals surface area (Å²) in [5.41, 5.74) is 1.67. The van der Waals surface area contributed by atoms with E-state index in [0.29, 0.717) is 29.5 Å². The second-order valence-electron chi connectivity index (χ2n) is 10.1. The minimum absolute atomic E-state index is 0.0122. The Morgan fingerprint density at radius 3 is 2.18 bits per heavy atom. The van der Waals surface area contributed by atoms with Crippen molar-refractivity contribution in [3.63, 3.8) is 0 Å². The van der Waals surface area contributed by atoms with Gasteiger partial charge in [-0.15, -0.1) is 0 Å². The number of nitrogens with zero attached hydrogens (tertiary/aromatic N) is 2. The first-order valence-corrected chi connectivity index (χ1v) is 16.3. The predicted molar refractivity (Wildman–Crippen MR) is 173 cm³/mol. The summed E-state index contributed by atoms with van der Waals surface area (Å²) in [6, 6.07) is 25.9. The van der Waals surface area contributed by atoms with Gasteiger partial charge in [0.05, 0.1) is 17.2 Å². The zero-order valence-corrected chi connectivity index (χ0v) is 26.6. The van der Waals surface area contributed by atoms with Crippen LogP contribution in [0.25, 0.3) is 0 Å². The van der Waals surface area contributed by atoms with Gasteiger partial charge in [0.15, 0.2) is 0 Å².